The molecule has 398 valence electrons. The first-order chi connectivity index (χ1) is 32.5. The van der Waals surface area contributed by atoms with Gasteiger partial charge < -0.3 is 131 Å². The summed E-state index contributed by atoms with van der Waals surface area (Å²) in [6, 6.07) is -4.47. The largest absolute Gasteiger partial charge is 0.507 e. The number of carbonyl (C=O) groups is 4. The first kappa shape index (κ1) is 59.5. The average molecular weight is 1010 g/mol. The van der Waals surface area contributed by atoms with Crippen LogP contribution < -0.4 is 26.6 Å². The van der Waals surface area contributed by atoms with Crippen LogP contribution in [0.5, 0.6) is 0 Å². The predicted octanol–water partition coefficient (Wildman–Crippen LogP) is -9.07. The third kappa shape index (κ3) is 15.6. The molecule has 0 aromatic rings. The van der Waals surface area contributed by atoms with E-state index < -0.39 is 209 Å². The van der Waals surface area contributed by atoms with Crippen molar-refractivity contribution in [2.75, 3.05) is 40.1 Å². The van der Waals surface area contributed by atoms with Crippen LogP contribution in [0.25, 0.3) is 0 Å². The summed E-state index contributed by atoms with van der Waals surface area (Å²) in [6.07, 6.45) is -30.6. The molecule has 3 fully saturated rings. The van der Waals surface area contributed by atoms with Gasteiger partial charge in [-0.2, -0.15) is 0 Å². The third-order valence-corrected chi connectivity index (χ3v) is 10.9. The Balaban J connectivity index is 2.01. The Morgan fingerprint density at radius 1 is 0.551 bits per heavy atom. The van der Waals surface area contributed by atoms with Crippen LogP contribution in [0.2, 0.25) is 0 Å². The molecule has 3 aliphatic heterocycles. The number of aliphatic hydroxyl groups excluding tert-OH is 14. The number of nitrogens with one attached hydrogen (secondary N) is 5. The highest BCUT2D eigenvalue weighted by Gasteiger charge is 2.53. The number of carbonyl (C=O) groups excluding carboxylic acids is 4. The van der Waals surface area contributed by atoms with E-state index in [1.165, 1.54) is 7.05 Å². The van der Waals surface area contributed by atoms with E-state index in [4.69, 9.17) is 33.2 Å². The molecule has 3 heterocycles. The van der Waals surface area contributed by atoms with Gasteiger partial charge in [0.1, 0.15) is 102 Å². The minimum Gasteiger partial charge on any atom is -0.507 e. The molecule has 3 saturated heterocycles. The van der Waals surface area contributed by atoms with Crippen LogP contribution in [-0.2, 0) is 52.3 Å². The van der Waals surface area contributed by atoms with Gasteiger partial charge in [0.05, 0.1) is 25.9 Å². The zero-order valence-electron chi connectivity index (χ0n) is 38.2. The van der Waals surface area contributed by atoms with Crippen molar-refractivity contribution in [3.8, 4) is 0 Å². The van der Waals surface area contributed by atoms with E-state index in [1.807, 2.05) is 0 Å². The van der Waals surface area contributed by atoms with Gasteiger partial charge in [-0.25, -0.2) is 0 Å². The molecule has 30 nitrogen and oxygen atoms in total. The second-order valence-corrected chi connectivity index (χ2v) is 16.1. The normalized spacial score (nSPS) is 34.2. The molecule has 19 atom stereocenters. The summed E-state index contributed by atoms with van der Waals surface area (Å²) in [5, 5.41) is 161. The van der Waals surface area contributed by atoms with Gasteiger partial charge in [-0.15, -0.1) is 0 Å². The zero-order valence-corrected chi connectivity index (χ0v) is 38.2. The van der Waals surface area contributed by atoms with Crippen LogP contribution in [0.1, 0.15) is 40.5 Å². The number of aliphatic hydroxyl groups is 14. The maximum atomic E-state index is 12.5. The van der Waals surface area contributed by atoms with E-state index in [1.54, 1.807) is 0 Å². The Morgan fingerprint density at radius 3 is 1.54 bits per heavy atom. The van der Waals surface area contributed by atoms with Gasteiger partial charge in [0.25, 0.3) is 0 Å². The smallest absolute Gasteiger partial charge is 0.221 e. The minimum atomic E-state index is -2.57. The van der Waals surface area contributed by atoms with Crippen LogP contribution in [0, 0.1) is 0 Å². The van der Waals surface area contributed by atoms with Crippen molar-refractivity contribution in [2.45, 2.75) is 157 Å². The predicted molar refractivity (Wildman–Crippen MR) is 223 cm³/mol. The number of ether oxygens (including phenoxy) is 7. The van der Waals surface area contributed by atoms with Gasteiger partial charge in [0, 0.05) is 53.8 Å². The lowest BCUT2D eigenvalue weighted by atomic mass is 9.94. The lowest BCUT2D eigenvalue weighted by Gasteiger charge is -2.48. The summed E-state index contributed by atoms with van der Waals surface area (Å²) in [6.45, 7) is -0.357. The Kier molecular flexibility index (Phi) is 23.9. The van der Waals surface area contributed by atoms with Crippen molar-refractivity contribution in [2.24, 2.45) is 0 Å². The summed E-state index contributed by atoms with van der Waals surface area (Å²) >= 11 is 0. The fourth-order valence-electron chi connectivity index (χ4n) is 7.65. The Bertz CT molecular complexity index is 1750. The lowest BCUT2D eigenvalue weighted by Crippen LogP contribution is -2.69. The number of amides is 4. The Hall–Kier alpha value is -3.84. The van der Waals surface area contributed by atoms with Gasteiger partial charge >= 0.3 is 0 Å². The second-order valence-electron chi connectivity index (χ2n) is 16.1. The highest BCUT2D eigenvalue weighted by molar-refractivity contribution is 5.76. The monoisotopic (exact) mass is 1010 g/mol. The summed E-state index contributed by atoms with van der Waals surface area (Å²) in [5.74, 6) is -5.70. The van der Waals surface area contributed by atoms with Crippen molar-refractivity contribution in [3.05, 3.63) is 22.9 Å². The topological polar surface area (TPSA) is 476 Å². The standard InChI is InChI=1S/C39H67N5O25/c1-13(50)41-22(28(55)18(7-9-46)65-38-25(40-5)30(57)29(56)19(10-47)66-38)35(60)63-17(6-8-45)27(54)23(42-14(2)51)37(62)68-33-21(12-49)67-39(26(32(33)59)44-16(4)53)69-34-20(11-48)64-36(61)24(31(34)58)43-15(3)52/h17-21,24-26,29-40,45-49,54-62H,6-12H2,1-5H3,(H,41,50)(H,42,51)(H,43,52)(H,44,53)/b27-23+,28-22-. The van der Waals surface area contributed by atoms with Crippen molar-refractivity contribution >= 4 is 23.6 Å². The molecule has 3 rings (SSSR count). The molecule has 30 heteroatoms. The van der Waals surface area contributed by atoms with Crippen molar-refractivity contribution < 1.29 is 124 Å². The van der Waals surface area contributed by atoms with Gasteiger partial charge in [-0.05, 0) is 7.05 Å². The number of rotatable bonds is 24. The molecule has 0 saturated carbocycles. The number of likely N-dealkylation sites (N-methyl/N-ethyl adjacent to an activating group) is 1. The number of hydrogen-bond donors (Lipinski definition) is 19. The molecule has 0 radical (unpaired) electrons. The molecule has 0 aromatic heterocycles. The summed E-state index contributed by atoms with van der Waals surface area (Å²) in [5.41, 5.74) is -1.87. The van der Waals surface area contributed by atoms with E-state index >= 15 is 0 Å². The highest BCUT2D eigenvalue weighted by Crippen LogP contribution is 2.32. The van der Waals surface area contributed by atoms with Crippen molar-refractivity contribution in [3.63, 3.8) is 0 Å². The molecule has 19 N–H and O–H groups in total. The molecule has 0 bridgehead atoms. The third-order valence-electron chi connectivity index (χ3n) is 10.9. The van der Waals surface area contributed by atoms with E-state index in [9.17, 15) is 90.7 Å². The van der Waals surface area contributed by atoms with Crippen LogP contribution >= 0.6 is 0 Å². The van der Waals surface area contributed by atoms with E-state index in [2.05, 4.69) is 26.6 Å². The van der Waals surface area contributed by atoms with Crippen LogP contribution in [0.3, 0.4) is 0 Å². The maximum Gasteiger partial charge on any atom is 0.221 e. The quantitative estimate of drug-likeness (QED) is 0.0315. The first-order valence-electron chi connectivity index (χ1n) is 21.5. The van der Waals surface area contributed by atoms with E-state index in [-0.39, 0.29) is 0 Å². The fraction of sp³-hybridized carbons (Fsp3) is 0.795. The Morgan fingerprint density at radius 2 is 1.03 bits per heavy atom. The lowest BCUT2D eigenvalue weighted by molar-refractivity contribution is -0.336. The van der Waals surface area contributed by atoms with E-state index in [0.29, 0.717) is 0 Å². The minimum absolute atomic E-state index is 0.494. The molecule has 0 aliphatic carbocycles. The SMILES string of the molecule is CNC1C(OC(CCO)/C(O)=C(/NC(C)=O)C(O)OC(CCO)/C(O)=C(\NC(C)=O)C(O)OC2C(CO)OC(OC3C(CO)OC(O)C(NC(C)=O)C3O)C(NC(C)=O)C2O)OC(CO)C(O)C1O. The van der Waals surface area contributed by atoms with Gasteiger partial charge in [0.15, 0.2) is 25.2 Å². The summed E-state index contributed by atoms with van der Waals surface area (Å²) in [4.78, 5) is 49.0. The molecular formula is C39H67N5O25. The van der Waals surface area contributed by atoms with Gasteiger partial charge in [-0.3, -0.25) is 19.2 Å². The summed E-state index contributed by atoms with van der Waals surface area (Å²) < 4.78 is 39.5. The summed E-state index contributed by atoms with van der Waals surface area (Å²) in [7, 11) is 1.36. The van der Waals surface area contributed by atoms with Crippen LogP contribution in [0.15, 0.2) is 22.9 Å². The average Bonchev–Trinajstić information content (AvgIpc) is 3.28. The van der Waals surface area contributed by atoms with Crippen molar-refractivity contribution in [1.82, 2.24) is 26.6 Å². The fourth-order valence-corrected chi connectivity index (χ4v) is 7.65. The second kappa shape index (κ2) is 27.7. The molecular weight excluding hydrogens is 938 g/mol. The maximum absolute atomic E-state index is 12.5. The molecule has 69 heavy (non-hydrogen) atoms. The van der Waals surface area contributed by atoms with E-state index in [0.717, 1.165) is 27.7 Å². The van der Waals surface area contributed by atoms with Gasteiger partial charge in [0.2, 0.25) is 29.9 Å². The van der Waals surface area contributed by atoms with Crippen LogP contribution in [0.4, 0.5) is 0 Å². The molecule has 0 aromatic carbocycles. The Labute approximate surface area is 394 Å². The molecule has 3 aliphatic rings. The van der Waals surface area contributed by atoms with Crippen LogP contribution in [-0.4, -0.2) is 252 Å². The first-order valence-corrected chi connectivity index (χ1v) is 21.5. The molecule has 4 amide bonds. The molecule has 19 unspecified atom stereocenters. The zero-order chi connectivity index (χ0) is 52.0. The number of hydrogen-bond acceptors (Lipinski definition) is 26. The van der Waals surface area contributed by atoms with Crippen molar-refractivity contribution in [1.29, 1.82) is 0 Å². The van der Waals surface area contributed by atoms with Gasteiger partial charge in [-0.1, -0.05) is 0 Å². The molecule has 0 spiro atoms. The highest BCUT2D eigenvalue weighted by atomic mass is 16.7.